The van der Waals surface area contributed by atoms with Crippen molar-refractivity contribution in [1.29, 1.82) is 0 Å². The van der Waals surface area contributed by atoms with Crippen LogP contribution in [0.2, 0.25) is 5.02 Å². The molecule has 37 heavy (non-hydrogen) atoms. The van der Waals surface area contributed by atoms with Gasteiger partial charge in [0.2, 0.25) is 0 Å². The number of carbonyl (C=O) groups is 2. The molecule has 0 aliphatic rings. The largest absolute Gasteiger partial charge is 0.493 e. The van der Waals surface area contributed by atoms with Crippen molar-refractivity contribution >= 4 is 35.3 Å². The first kappa shape index (κ1) is 27.3. The van der Waals surface area contributed by atoms with Crippen LogP contribution in [0.3, 0.4) is 0 Å². The Morgan fingerprint density at radius 3 is 2.38 bits per heavy atom. The standard InChI is InChI=1S/C27H28ClN3O6/c1-5-36-25-12-18(15-29-31-27(33)19-8-11-22(34-3)24(13-19)35-4)7-10-23(25)37-16-26(32)30-20-9-6-17(2)21(28)14-20/h6-15H,5,16H2,1-4H3,(H,30,32)(H,31,33)/b29-15+. The summed E-state index contributed by atoms with van der Waals surface area (Å²) in [5.74, 6) is 1.03. The SMILES string of the molecule is CCOc1cc(/C=N/NC(=O)c2ccc(OC)c(OC)c2)ccc1OCC(=O)Nc1ccc(C)c(Cl)c1. The van der Waals surface area contributed by atoms with Crippen LogP contribution in [-0.4, -0.2) is 45.5 Å². The van der Waals surface area contributed by atoms with E-state index in [-0.39, 0.29) is 12.5 Å². The number of methoxy groups -OCH3 is 2. The second-order valence-corrected chi connectivity index (χ2v) is 8.12. The van der Waals surface area contributed by atoms with Crippen molar-refractivity contribution in [3.63, 3.8) is 0 Å². The van der Waals surface area contributed by atoms with E-state index in [1.165, 1.54) is 20.4 Å². The van der Waals surface area contributed by atoms with Crippen molar-refractivity contribution in [1.82, 2.24) is 5.43 Å². The fraction of sp³-hybridized carbons (Fsp3) is 0.222. The monoisotopic (exact) mass is 525 g/mol. The maximum atomic E-state index is 12.4. The molecule has 0 heterocycles. The van der Waals surface area contributed by atoms with Crippen molar-refractivity contribution in [2.45, 2.75) is 13.8 Å². The van der Waals surface area contributed by atoms with Gasteiger partial charge in [0.15, 0.2) is 29.6 Å². The van der Waals surface area contributed by atoms with E-state index in [4.69, 9.17) is 30.5 Å². The van der Waals surface area contributed by atoms with Crippen molar-refractivity contribution in [2.24, 2.45) is 5.10 Å². The lowest BCUT2D eigenvalue weighted by Gasteiger charge is -2.13. The number of hydrogen-bond acceptors (Lipinski definition) is 7. The molecule has 0 saturated heterocycles. The molecule has 3 aromatic rings. The molecule has 0 aliphatic heterocycles. The summed E-state index contributed by atoms with van der Waals surface area (Å²) in [6, 6.07) is 15.2. The zero-order valence-corrected chi connectivity index (χ0v) is 21.7. The quantitative estimate of drug-likeness (QED) is 0.274. The van der Waals surface area contributed by atoms with Crippen LogP contribution in [0.15, 0.2) is 59.7 Å². The van der Waals surface area contributed by atoms with E-state index in [0.717, 1.165) is 5.56 Å². The summed E-state index contributed by atoms with van der Waals surface area (Å²) in [5, 5.41) is 7.32. The average molecular weight is 526 g/mol. The van der Waals surface area contributed by atoms with E-state index < -0.39 is 5.91 Å². The van der Waals surface area contributed by atoms with Gasteiger partial charge in [0, 0.05) is 16.3 Å². The molecule has 0 aliphatic carbocycles. The first-order valence-corrected chi connectivity index (χ1v) is 11.7. The second-order valence-electron chi connectivity index (χ2n) is 7.71. The minimum atomic E-state index is -0.414. The minimum Gasteiger partial charge on any atom is -0.493 e. The van der Waals surface area contributed by atoms with E-state index in [2.05, 4.69) is 15.8 Å². The fourth-order valence-electron chi connectivity index (χ4n) is 3.21. The molecule has 10 heteroatoms. The molecular weight excluding hydrogens is 498 g/mol. The van der Waals surface area contributed by atoms with Crippen molar-refractivity contribution < 1.29 is 28.5 Å². The highest BCUT2D eigenvalue weighted by Crippen LogP contribution is 2.29. The van der Waals surface area contributed by atoms with Gasteiger partial charge in [-0.25, -0.2) is 5.43 Å². The summed E-state index contributed by atoms with van der Waals surface area (Å²) in [4.78, 5) is 24.8. The molecule has 0 bridgehead atoms. The first-order chi connectivity index (χ1) is 17.8. The number of halogens is 1. The Morgan fingerprint density at radius 1 is 0.919 bits per heavy atom. The Bertz CT molecular complexity index is 1300. The highest BCUT2D eigenvalue weighted by Gasteiger charge is 2.12. The summed E-state index contributed by atoms with van der Waals surface area (Å²) in [6.45, 7) is 3.89. The number of rotatable bonds is 11. The van der Waals surface area contributed by atoms with Crippen LogP contribution in [0, 0.1) is 6.92 Å². The molecule has 0 unspecified atom stereocenters. The third-order valence-corrected chi connectivity index (χ3v) is 5.51. The number of carbonyl (C=O) groups excluding carboxylic acids is 2. The molecule has 9 nitrogen and oxygen atoms in total. The fourth-order valence-corrected chi connectivity index (χ4v) is 3.39. The Morgan fingerprint density at radius 2 is 1.68 bits per heavy atom. The Balaban J connectivity index is 1.61. The molecule has 0 saturated carbocycles. The molecule has 0 radical (unpaired) electrons. The number of hydrogen-bond donors (Lipinski definition) is 2. The van der Waals surface area contributed by atoms with Gasteiger partial charge in [-0.3, -0.25) is 9.59 Å². The number of aryl methyl sites for hydroxylation is 1. The smallest absolute Gasteiger partial charge is 0.271 e. The molecule has 0 spiro atoms. The van der Waals surface area contributed by atoms with Gasteiger partial charge in [0.05, 0.1) is 27.0 Å². The van der Waals surface area contributed by atoms with Crippen LogP contribution in [-0.2, 0) is 4.79 Å². The first-order valence-electron chi connectivity index (χ1n) is 11.4. The summed E-state index contributed by atoms with van der Waals surface area (Å²) in [7, 11) is 3.01. The summed E-state index contributed by atoms with van der Waals surface area (Å²) in [5.41, 5.74) is 4.99. The Labute approximate surface area is 220 Å². The zero-order valence-electron chi connectivity index (χ0n) is 21.0. The van der Waals surface area contributed by atoms with Gasteiger partial charge in [-0.1, -0.05) is 17.7 Å². The number of nitrogens with one attached hydrogen (secondary N) is 2. The van der Waals surface area contributed by atoms with E-state index >= 15 is 0 Å². The van der Waals surface area contributed by atoms with Gasteiger partial charge in [0.25, 0.3) is 11.8 Å². The summed E-state index contributed by atoms with van der Waals surface area (Å²) >= 11 is 6.11. The van der Waals surface area contributed by atoms with E-state index in [1.54, 1.807) is 48.5 Å². The zero-order chi connectivity index (χ0) is 26.8. The van der Waals surface area contributed by atoms with Crippen molar-refractivity contribution in [2.75, 3.05) is 32.8 Å². The van der Waals surface area contributed by atoms with Crippen LogP contribution >= 0.6 is 11.6 Å². The van der Waals surface area contributed by atoms with Crippen molar-refractivity contribution in [3.8, 4) is 23.0 Å². The Kier molecular flexibility index (Phi) is 9.74. The van der Waals surface area contributed by atoms with E-state index in [9.17, 15) is 9.59 Å². The minimum absolute atomic E-state index is 0.222. The van der Waals surface area contributed by atoms with E-state index in [0.29, 0.717) is 51.4 Å². The maximum absolute atomic E-state index is 12.4. The van der Waals surface area contributed by atoms with Gasteiger partial charge in [-0.2, -0.15) is 5.10 Å². The molecule has 2 amide bonds. The van der Waals surface area contributed by atoms with Crippen LogP contribution in [0.4, 0.5) is 5.69 Å². The number of anilines is 1. The van der Waals surface area contributed by atoms with Crippen LogP contribution in [0.25, 0.3) is 0 Å². The second kappa shape index (κ2) is 13.2. The summed E-state index contributed by atoms with van der Waals surface area (Å²) < 4.78 is 21.7. The lowest BCUT2D eigenvalue weighted by molar-refractivity contribution is -0.118. The molecule has 194 valence electrons. The van der Waals surface area contributed by atoms with Crippen LogP contribution in [0.5, 0.6) is 23.0 Å². The molecule has 3 rings (SSSR count). The number of ether oxygens (including phenoxy) is 4. The number of benzene rings is 3. The molecule has 0 fully saturated rings. The Hall–Kier alpha value is -4.24. The van der Waals surface area contributed by atoms with Gasteiger partial charge >= 0.3 is 0 Å². The predicted octanol–water partition coefficient (Wildman–Crippen LogP) is 4.85. The molecule has 3 aromatic carbocycles. The molecular formula is C27H28ClN3O6. The lowest BCUT2D eigenvalue weighted by Crippen LogP contribution is -2.20. The van der Waals surface area contributed by atoms with E-state index in [1.807, 2.05) is 19.9 Å². The normalized spacial score (nSPS) is 10.6. The number of amides is 2. The highest BCUT2D eigenvalue weighted by atomic mass is 35.5. The topological polar surface area (TPSA) is 107 Å². The van der Waals surface area contributed by atoms with Gasteiger partial charge in [-0.15, -0.1) is 0 Å². The molecule has 0 aromatic heterocycles. The van der Waals surface area contributed by atoms with Gasteiger partial charge in [0.1, 0.15) is 0 Å². The highest BCUT2D eigenvalue weighted by molar-refractivity contribution is 6.31. The molecule has 0 atom stereocenters. The number of hydrazone groups is 1. The number of nitrogens with zero attached hydrogens (tertiary/aromatic N) is 1. The van der Waals surface area contributed by atoms with Crippen molar-refractivity contribution in [3.05, 3.63) is 76.3 Å². The maximum Gasteiger partial charge on any atom is 0.271 e. The van der Waals surface area contributed by atoms with Crippen LogP contribution < -0.4 is 29.7 Å². The average Bonchev–Trinajstić information content (AvgIpc) is 2.90. The van der Waals surface area contributed by atoms with Crippen LogP contribution in [0.1, 0.15) is 28.4 Å². The predicted molar refractivity (Wildman–Crippen MR) is 143 cm³/mol. The molecule has 2 N–H and O–H groups in total. The third kappa shape index (κ3) is 7.62. The lowest BCUT2D eigenvalue weighted by atomic mass is 10.2. The summed E-state index contributed by atoms with van der Waals surface area (Å²) in [6.07, 6.45) is 1.47. The van der Waals surface area contributed by atoms with Gasteiger partial charge < -0.3 is 24.3 Å². The third-order valence-electron chi connectivity index (χ3n) is 5.11. The van der Waals surface area contributed by atoms with Gasteiger partial charge in [-0.05, 0) is 73.5 Å².